The molecule has 1 atom stereocenters. The van der Waals surface area contributed by atoms with Gasteiger partial charge in [0.25, 0.3) is 0 Å². The number of aromatic nitrogens is 2. The minimum absolute atomic E-state index is 0.00273. The van der Waals surface area contributed by atoms with Crippen molar-refractivity contribution >= 4 is 21.8 Å². The lowest BCUT2D eigenvalue weighted by molar-refractivity contribution is -0.0497. The molecule has 0 saturated carbocycles. The van der Waals surface area contributed by atoms with Crippen molar-refractivity contribution < 1.29 is 27.2 Å². The van der Waals surface area contributed by atoms with Crippen LogP contribution in [0.5, 0.6) is 17.2 Å². The topological polar surface area (TPSA) is 73.4 Å². The molecule has 0 aliphatic heterocycles. The van der Waals surface area contributed by atoms with Crippen molar-refractivity contribution in [2.24, 2.45) is 0 Å². The van der Waals surface area contributed by atoms with Crippen molar-refractivity contribution in [1.82, 2.24) is 9.97 Å². The molecule has 0 unspecified atom stereocenters. The van der Waals surface area contributed by atoms with Gasteiger partial charge in [-0.15, -0.1) is 0 Å². The molecule has 0 radical (unpaired) electrons. The normalized spacial score (nSPS) is 12.3. The number of imidazole rings is 1. The zero-order valence-corrected chi connectivity index (χ0v) is 14.8. The van der Waals surface area contributed by atoms with Gasteiger partial charge >= 0.3 is 6.61 Å². The third-order valence-electron chi connectivity index (χ3n) is 3.64. The Morgan fingerprint density at radius 1 is 1.19 bits per heavy atom. The van der Waals surface area contributed by atoms with Crippen LogP contribution in [0.25, 0.3) is 11.0 Å². The zero-order chi connectivity index (χ0) is 18.7. The van der Waals surface area contributed by atoms with Gasteiger partial charge in [-0.2, -0.15) is 8.78 Å². The summed E-state index contributed by atoms with van der Waals surface area (Å²) >= 11 is 0. The third kappa shape index (κ3) is 3.77. The fraction of sp³-hybridized carbons (Fsp3) is 0.235. The predicted molar refractivity (Wildman–Crippen MR) is 92.4 cm³/mol. The summed E-state index contributed by atoms with van der Waals surface area (Å²) in [5, 5.41) is 0.235. The molecule has 0 aliphatic carbocycles. The fourth-order valence-corrected chi connectivity index (χ4v) is 3.60. The molecular formula is C17H16F2N2O4S. The maximum Gasteiger partial charge on any atom is 0.387 e. The molecule has 0 bridgehead atoms. The number of nitrogens with zero attached hydrogens (tertiary/aromatic N) is 1. The predicted octanol–water partition coefficient (Wildman–Crippen LogP) is 3.49. The molecule has 0 saturated heterocycles. The summed E-state index contributed by atoms with van der Waals surface area (Å²) in [5.41, 5.74) is 1.67. The molecule has 0 spiro atoms. The van der Waals surface area contributed by atoms with Crippen LogP contribution in [0.2, 0.25) is 0 Å². The standard InChI is InChI=1S/C17H16F2N2O4S/c1-23-14-5-3-4-10(15(14)24-2)9-26(22)17-20-12-7-6-11(25-16(18)19)8-13(12)21-17/h3-8,16H,9H2,1-2H3,(H,20,21)/t26-/m1/s1. The first kappa shape index (κ1) is 18.1. The number of rotatable bonds is 7. The van der Waals surface area contributed by atoms with E-state index in [2.05, 4.69) is 14.7 Å². The second kappa shape index (κ2) is 7.69. The number of benzene rings is 2. The Kier molecular flexibility index (Phi) is 5.36. The average Bonchev–Trinajstić information content (AvgIpc) is 3.04. The van der Waals surface area contributed by atoms with E-state index in [1.807, 2.05) is 0 Å². The first-order valence-electron chi connectivity index (χ1n) is 7.54. The summed E-state index contributed by atoms with van der Waals surface area (Å²) in [7, 11) is 1.54. The Hall–Kier alpha value is -2.68. The highest BCUT2D eigenvalue weighted by Gasteiger charge is 2.16. The van der Waals surface area contributed by atoms with Crippen LogP contribution in [0.4, 0.5) is 8.78 Å². The van der Waals surface area contributed by atoms with Gasteiger partial charge in [-0.1, -0.05) is 12.1 Å². The maximum absolute atomic E-state index is 12.7. The molecule has 6 nitrogen and oxygen atoms in total. The molecule has 138 valence electrons. The number of nitrogens with one attached hydrogen (secondary N) is 1. The second-order valence-electron chi connectivity index (χ2n) is 5.24. The van der Waals surface area contributed by atoms with Crippen molar-refractivity contribution in [3.05, 3.63) is 42.0 Å². The molecule has 1 heterocycles. The van der Waals surface area contributed by atoms with Gasteiger partial charge < -0.3 is 19.2 Å². The summed E-state index contributed by atoms with van der Waals surface area (Å²) in [6, 6.07) is 9.61. The van der Waals surface area contributed by atoms with E-state index in [0.29, 0.717) is 28.1 Å². The molecule has 0 fully saturated rings. The van der Waals surface area contributed by atoms with Crippen LogP contribution in [-0.4, -0.2) is 35.0 Å². The number of para-hydroxylation sites is 1. The third-order valence-corrected chi connectivity index (χ3v) is 4.84. The molecule has 2 aromatic carbocycles. The van der Waals surface area contributed by atoms with Gasteiger partial charge in [0.05, 0.1) is 41.8 Å². The minimum Gasteiger partial charge on any atom is -0.493 e. The van der Waals surface area contributed by atoms with Gasteiger partial charge in [-0.3, -0.25) is 4.21 Å². The summed E-state index contributed by atoms with van der Waals surface area (Å²) in [6.07, 6.45) is 0. The molecular weight excluding hydrogens is 366 g/mol. The molecule has 0 aliphatic rings. The average molecular weight is 382 g/mol. The molecule has 26 heavy (non-hydrogen) atoms. The van der Waals surface area contributed by atoms with E-state index in [4.69, 9.17) is 9.47 Å². The van der Waals surface area contributed by atoms with Crippen LogP contribution in [0, 0.1) is 0 Å². The lowest BCUT2D eigenvalue weighted by Gasteiger charge is -2.11. The van der Waals surface area contributed by atoms with Crippen molar-refractivity contribution in [3.63, 3.8) is 0 Å². The highest BCUT2D eigenvalue weighted by atomic mass is 32.2. The molecule has 9 heteroatoms. The summed E-state index contributed by atoms with van der Waals surface area (Å²) in [4.78, 5) is 7.14. The number of halogens is 2. The van der Waals surface area contributed by atoms with Gasteiger partial charge in [0.2, 0.25) is 0 Å². The fourth-order valence-electron chi connectivity index (χ4n) is 2.53. The van der Waals surface area contributed by atoms with Crippen LogP contribution in [0.15, 0.2) is 41.6 Å². The van der Waals surface area contributed by atoms with Crippen LogP contribution >= 0.6 is 0 Å². The Morgan fingerprint density at radius 3 is 2.69 bits per heavy atom. The van der Waals surface area contributed by atoms with Gasteiger partial charge in [0.1, 0.15) is 5.75 Å². The van der Waals surface area contributed by atoms with Crippen LogP contribution in [0.3, 0.4) is 0 Å². The summed E-state index contributed by atoms with van der Waals surface area (Å²) < 4.78 is 52.2. The van der Waals surface area contributed by atoms with Gasteiger partial charge in [-0.25, -0.2) is 4.98 Å². The maximum atomic E-state index is 12.7. The number of fused-ring (bicyclic) bond motifs is 1. The van der Waals surface area contributed by atoms with Gasteiger partial charge in [0, 0.05) is 11.6 Å². The molecule has 3 aromatic rings. The minimum atomic E-state index is -2.91. The number of aromatic amines is 1. The van der Waals surface area contributed by atoms with Crippen LogP contribution in [0.1, 0.15) is 5.56 Å². The van der Waals surface area contributed by atoms with Gasteiger partial charge in [-0.05, 0) is 18.2 Å². The Morgan fingerprint density at radius 2 is 2.00 bits per heavy atom. The van der Waals surface area contributed by atoms with E-state index in [1.54, 1.807) is 18.2 Å². The molecule has 0 amide bonds. The van der Waals surface area contributed by atoms with Crippen molar-refractivity contribution in [3.8, 4) is 17.2 Å². The quantitative estimate of drug-likeness (QED) is 0.677. The number of methoxy groups -OCH3 is 2. The highest BCUT2D eigenvalue weighted by Crippen LogP contribution is 2.32. The van der Waals surface area contributed by atoms with E-state index < -0.39 is 17.4 Å². The Bertz CT molecular complexity index is 946. The van der Waals surface area contributed by atoms with E-state index in [9.17, 15) is 13.0 Å². The first-order chi connectivity index (χ1) is 12.5. The van der Waals surface area contributed by atoms with Crippen molar-refractivity contribution in [1.29, 1.82) is 0 Å². The lowest BCUT2D eigenvalue weighted by atomic mass is 10.2. The Balaban J connectivity index is 1.86. The van der Waals surface area contributed by atoms with E-state index in [1.165, 1.54) is 32.4 Å². The van der Waals surface area contributed by atoms with E-state index >= 15 is 0 Å². The zero-order valence-electron chi connectivity index (χ0n) is 14.0. The monoisotopic (exact) mass is 382 g/mol. The highest BCUT2D eigenvalue weighted by molar-refractivity contribution is 7.84. The first-order valence-corrected chi connectivity index (χ1v) is 8.86. The van der Waals surface area contributed by atoms with Crippen molar-refractivity contribution in [2.75, 3.05) is 14.2 Å². The van der Waals surface area contributed by atoms with Crippen LogP contribution in [-0.2, 0) is 16.6 Å². The largest absolute Gasteiger partial charge is 0.493 e. The van der Waals surface area contributed by atoms with Gasteiger partial charge in [0.15, 0.2) is 16.7 Å². The Labute approximate surface area is 150 Å². The summed E-state index contributed by atoms with van der Waals surface area (Å²) in [6.45, 7) is -2.91. The number of hydrogen-bond acceptors (Lipinski definition) is 5. The van der Waals surface area contributed by atoms with E-state index in [0.717, 1.165) is 0 Å². The van der Waals surface area contributed by atoms with Crippen LogP contribution < -0.4 is 14.2 Å². The molecule has 1 N–H and O–H groups in total. The SMILES string of the molecule is COc1cccc(C[S@@](=O)c2nc3ccc(OC(F)F)cc3[nH]2)c1OC. The summed E-state index contributed by atoms with van der Waals surface area (Å²) in [5.74, 6) is 1.20. The van der Waals surface area contributed by atoms with E-state index in [-0.39, 0.29) is 16.7 Å². The van der Waals surface area contributed by atoms with Crippen molar-refractivity contribution in [2.45, 2.75) is 17.5 Å². The molecule has 1 aromatic heterocycles. The number of H-pyrrole nitrogens is 1. The number of alkyl halides is 2. The molecule has 3 rings (SSSR count). The lowest BCUT2D eigenvalue weighted by Crippen LogP contribution is -2.02. The number of ether oxygens (including phenoxy) is 3. The number of hydrogen-bond donors (Lipinski definition) is 1. The smallest absolute Gasteiger partial charge is 0.387 e. The second-order valence-corrected chi connectivity index (χ2v) is 6.61.